The standard InChI is InChI=1S/C15H13N/c1-16-14-8-4-6-12-10-9-11-5-2-3-7-13(11)15(12)14/h2-10,16H,1H3. The molecule has 1 heteroatoms. The molecule has 0 fully saturated rings. The summed E-state index contributed by atoms with van der Waals surface area (Å²) in [4.78, 5) is 0. The third kappa shape index (κ3) is 1.25. The molecule has 0 atom stereocenters. The van der Waals surface area contributed by atoms with Gasteiger partial charge in [-0.25, -0.2) is 0 Å². The number of fused-ring (bicyclic) bond motifs is 3. The van der Waals surface area contributed by atoms with Crippen LogP contribution in [0.5, 0.6) is 0 Å². The molecular formula is C15H13N. The highest BCUT2D eigenvalue weighted by atomic mass is 14.8. The first kappa shape index (κ1) is 9.22. The minimum Gasteiger partial charge on any atom is -0.388 e. The highest BCUT2D eigenvalue weighted by molar-refractivity contribution is 6.13. The molecule has 0 saturated carbocycles. The summed E-state index contributed by atoms with van der Waals surface area (Å²) in [6, 6.07) is 19.2. The number of anilines is 1. The van der Waals surface area contributed by atoms with Gasteiger partial charge in [0.05, 0.1) is 0 Å². The Morgan fingerprint density at radius 3 is 2.38 bits per heavy atom. The number of nitrogens with one attached hydrogen (secondary N) is 1. The van der Waals surface area contributed by atoms with Gasteiger partial charge < -0.3 is 5.32 Å². The normalized spacial score (nSPS) is 10.8. The molecule has 0 radical (unpaired) electrons. The highest BCUT2D eigenvalue weighted by Crippen LogP contribution is 2.30. The molecule has 0 amide bonds. The molecule has 0 aliphatic carbocycles. The summed E-state index contributed by atoms with van der Waals surface area (Å²) in [5.74, 6) is 0. The van der Waals surface area contributed by atoms with Crippen molar-refractivity contribution in [2.24, 2.45) is 0 Å². The average molecular weight is 207 g/mol. The highest BCUT2D eigenvalue weighted by Gasteiger charge is 2.03. The first-order chi connectivity index (χ1) is 7.90. The maximum Gasteiger partial charge on any atom is 0.0423 e. The zero-order chi connectivity index (χ0) is 11.0. The average Bonchev–Trinajstić information content (AvgIpc) is 2.37. The number of hydrogen-bond donors (Lipinski definition) is 1. The Kier molecular flexibility index (Phi) is 2.03. The molecule has 0 heterocycles. The Morgan fingerprint density at radius 1 is 0.750 bits per heavy atom. The summed E-state index contributed by atoms with van der Waals surface area (Å²) < 4.78 is 0. The summed E-state index contributed by atoms with van der Waals surface area (Å²) in [6.07, 6.45) is 0. The van der Waals surface area contributed by atoms with Crippen molar-refractivity contribution in [3.8, 4) is 0 Å². The van der Waals surface area contributed by atoms with Crippen molar-refractivity contribution in [2.45, 2.75) is 0 Å². The maximum absolute atomic E-state index is 3.26. The van der Waals surface area contributed by atoms with Crippen molar-refractivity contribution in [3.05, 3.63) is 54.6 Å². The first-order valence-electron chi connectivity index (χ1n) is 5.48. The van der Waals surface area contributed by atoms with Gasteiger partial charge in [-0.05, 0) is 22.2 Å². The third-order valence-corrected chi connectivity index (χ3v) is 3.04. The molecule has 3 aromatic rings. The first-order valence-corrected chi connectivity index (χ1v) is 5.48. The fourth-order valence-corrected chi connectivity index (χ4v) is 2.27. The summed E-state index contributed by atoms with van der Waals surface area (Å²) in [7, 11) is 1.97. The van der Waals surface area contributed by atoms with Crippen LogP contribution in [0.25, 0.3) is 21.5 Å². The number of rotatable bonds is 1. The lowest BCUT2D eigenvalue weighted by atomic mass is 10.0. The molecule has 0 saturated heterocycles. The van der Waals surface area contributed by atoms with E-state index in [9.17, 15) is 0 Å². The molecule has 78 valence electrons. The van der Waals surface area contributed by atoms with Crippen molar-refractivity contribution in [1.29, 1.82) is 0 Å². The predicted molar refractivity (Wildman–Crippen MR) is 71.0 cm³/mol. The molecule has 0 aliphatic heterocycles. The Hall–Kier alpha value is -2.02. The Labute approximate surface area is 94.7 Å². The Morgan fingerprint density at radius 2 is 1.50 bits per heavy atom. The fraction of sp³-hybridized carbons (Fsp3) is 0.0667. The molecule has 16 heavy (non-hydrogen) atoms. The monoisotopic (exact) mass is 207 g/mol. The minimum atomic E-state index is 1.19. The molecule has 0 unspecified atom stereocenters. The molecule has 1 nitrogen and oxygen atoms in total. The second-order valence-corrected chi connectivity index (χ2v) is 3.94. The number of hydrogen-bond acceptors (Lipinski definition) is 1. The van der Waals surface area contributed by atoms with Gasteiger partial charge in [0.25, 0.3) is 0 Å². The van der Waals surface area contributed by atoms with E-state index in [0.29, 0.717) is 0 Å². The second kappa shape index (κ2) is 3.53. The van der Waals surface area contributed by atoms with Crippen LogP contribution in [0.2, 0.25) is 0 Å². The quantitative estimate of drug-likeness (QED) is 0.594. The molecule has 1 N–H and O–H groups in total. The van der Waals surface area contributed by atoms with Gasteiger partial charge in [-0.15, -0.1) is 0 Å². The van der Waals surface area contributed by atoms with Gasteiger partial charge in [-0.3, -0.25) is 0 Å². The van der Waals surface area contributed by atoms with E-state index in [1.807, 2.05) is 7.05 Å². The summed E-state index contributed by atoms with van der Waals surface area (Å²) in [5.41, 5.74) is 1.19. The van der Waals surface area contributed by atoms with Crippen LogP contribution in [0.1, 0.15) is 0 Å². The van der Waals surface area contributed by atoms with Crippen molar-refractivity contribution in [3.63, 3.8) is 0 Å². The summed E-state index contributed by atoms with van der Waals surface area (Å²) in [5, 5.41) is 8.45. The molecular weight excluding hydrogens is 194 g/mol. The summed E-state index contributed by atoms with van der Waals surface area (Å²) >= 11 is 0. The molecule has 3 rings (SSSR count). The van der Waals surface area contributed by atoms with Crippen molar-refractivity contribution < 1.29 is 0 Å². The zero-order valence-corrected chi connectivity index (χ0v) is 9.20. The minimum absolute atomic E-state index is 1.19. The lowest BCUT2D eigenvalue weighted by Gasteiger charge is -2.09. The molecule has 0 aliphatic rings. The van der Waals surface area contributed by atoms with Crippen LogP contribution in [0, 0.1) is 0 Å². The topological polar surface area (TPSA) is 12.0 Å². The van der Waals surface area contributed by atoms with Crippen LogP contribution in [0.15, 0.2) is 54.6 Å². The van der Waals surface area contributed by atoms with Crippen LogP contribution in [0.3, 0.4) is 0 Å². The SMILES string of the molecule is CNc1cccc2ccc3ccccc3c12. The summed E-state index contributed by atoms with van der Waals surface area (Å²) in [6.45, 7) is 0. The smallest absolute Gasteiger partial charge is 0.0423 e. The van der Waals surface area contributed by atoms with E-state index in [-0.39, 0.29) is 0 Å². The van der Waals surface area contributed by atoms with Crippen LogP contribution in [0.4, 0.5) is 5.69 Å². The second-order valence-electron chi connectivity index (χ2n) is 3.94. The van der Waals surface area contributed by atoms with E-state index in [0.717, 1.165) is 0 Å². The molecule has 0 aromatic heterocycles. The third-order valence-electron chi connectivity index (χ3n) is 3.04. The van der Waals surface area contributed by atoms with Gasteiger partial charge in [0.15, 0.2) is 0 Å². The van der Waals surface area contributed by atoms with E-state index in [1.165, 1.54) is 27.2 Å². The molecule has 0 spiro atoms. The van der Waals surface area contributed by atoms with Gasteiger partial charge in [0.1, 0.15) is 0 Å². The van der Waals surface area contributed by atoms with Gasteiger partial charge >= 0.3 is 0 Å². The van der Waals surface area contributed by atoms with Crippen molar-refractivity contribution in [1.82, 2.24) is 0 Å². The van der Waals surface area contributed by atoms with Gasteiger partial charge in [0, 0.05) is 18.1 Å². The van der Waals surface area contributed by atoms with Crippen molar-refractivity contribution >= 4 is 27.2 Å². The van der Waals surface area contributed by atoms with E-state index in [4.69, 9.17) is 0 Å². The van der Waals surface area contributed by atoms with Crippen LogP contribution < -0.4 is 5.32 Å². The Bertz CT molecular complexity index is 656. The van der Waals surface area contributed by atoms with Gasteiger partial charge in [-0.1, -0.05) is 48.5 Å². The predicted octanol–water partition coefficient (Wildman–Crippen LogP) is 4.03. The lowest BCUT2D eigenvalue weighted by Crippen LogP contribution is -1.89. The van der Waals surface area contributed by atoms with Crippen LogP contribution >= 0.6 is 0 Å². The fourth-order valence-electron chi connectivity index (χ4n) is 2.27. The van der Waals surface area contributed by atoms with Crippen LogP contribution in [-0.2, 0) is 0 Å². The van der Waals surface area contributed by atoms with Gasteiger partial charge in [0.2, 0.25) is 0 Å². The maximum atomic E-state index is 3.26. The number of benzene rings is 3. The van der Waals surface area contributed by atoms with E-state index < -0.39 is 0 Å². The molecule has 3 aromatic carbocycles. The molecule has 0 bridgehead atoms. The largest absolute Gasteiger partial charge is 0.388 e. The Balaban J connectivity index is 2.57. The van der Waals surface area contributed by atoms with E-state index in [2.05, 4.69) is 59.9 Å². The van der Waals surface area contributed by atoms with Crippen LogP contribution in [-0.4, -0.2) is 7.05 Å². The lowest BCUT2D eigenvalue weighted by molar-refractivity contribution is 1.55. The van der Waals surface area contributed by atoms with E-state index in [1.54, 1.807) is 0 Å². The van der Waals surface area contributed by atoms with E-state index >= 15 is 0 Å². The van der Waals surface area contributed by atoms with Crippen molar-refractivity contribution in [2.75, 3.05) is 12.4 Å². The van der Waals surface area contributed by atoms with Gasteiger partial charge in [-0.2, -0.15) is 0 Å². The zero-order valence-electron chi connectivity index (χ0n) is 9.20.